The fraction of sp³-hybridized carbons (Fsp3) is 0.562. The van der Waals surface area contributed by atoms with Crippen LogP contribution in [-0.4, -0.2) is 17.4 Å². The molecule has 1 aliphatic carbocycles. The van der Waals surface area contributed by atoms with E-state index in [2.05, 4.69) is 18.5 Å². The summed E-state index contributed by atoms with van der Waals surface area (Å²) in [7, 11) is 0. The predicted molar refractivity (Wildman–Crippen MR) is 73.8 cm³/mol. The zero-order chi connectivity index (χ0) is 12.6. The minimum Gasteiger partial charge on any atom is -0.327 e. The Balaban J connectivity index is 1.96. The van der Waals surface area contributed by atoms with Gasteiger partial charge < -0.3 is 4.90 Å². The number of nitrogens with zero attached hydrogens (tertiary/aromatic N) is 1. The van der Waals surface area contributed by atoms with Crippen molar-refractivity contribution in [2.24, 2.45) is 0 Å². The first-order chi connectivity index (χ1) is 8.90. The summed E-state index contributed by atoms with van der Waals surface area (Å²) in [6.07, 6.45) is 10.9. The van der Waals surface area contributed by atoms with Gasteiger partial charge in [-0.2, -0.15) is 0 Å². The van der Waals surface area contributed by atoms with Crippen LogP contribution in [-0.2, 0) is 11.3 Å². The van der Waals surface area contributed by atoms with Crippen LogP contribution in [0.2, 0.25) is 0 Å². The molecule has 0 atom stereocenters. The Bertz CT molecular complexity index is 341. The molecule has 0 N–H and O–H groups in total. The van der Waals surface area contributed by atoms with Crippen LogP contribution in [0, 0.1) is 0 Å². The van der Waals surface area contributed by atoms with Gasteiger partial charge in [0, 0.05) is 12.6 Å². The summed E-state index contributed by atoms with van der Waals surface area (Å²) in [5.74, 6) is 0. The van der Waals surface area contributed by atoms with Crippen LogP contribution in [0.3, 0.4) is 0 Å². The topological polar surface area (TPSA) is 20.3 Å². The molecular formula is C16H22NO. The third kappa shape index (κ3) is 3.86. The minimum absolute atomic E-state index is 0.392. The van der Waals surface area contributed by atoms with E-state index >= 15 is 0 Å². The van der Waals surface area contributed by atoms with Crippen LogP contribution in [0.15, 0.2) is 30.3 Å². The van der Waals surface area contributed by atoms with Crippen LogP contribution < -0.4 is 0 Å². The molecule has 18 heavy (non-hydrogen) atoms. The Morgan fingerprint density at radius 1 is 1.00 bits per heavy atom. The van der Waals surface area contributed by atoms with Gasteiger partial charge in [-0.05, 0) is 18.4 Å². The fourth-order valence-corrected chi connectivity index (χ4v) is 2.76. The summed E-state index contributed by atoms with van der Waals surface area (Å²) in [6, 6.07) is 10.6. The minimum atomic E-state index is 0.392. The quantitative estimate of drug-likeness (QED) is 0.740. The number of benzene rings is 1. The molecule has 0 unspecified atom stereocenters. The van der Waals surface area contributed by atoms with E-state index in [-0.39, 0.29) is 0 Å². The fourth-order valence-electron chi connectivity index (χ4n) is 2.76. The highest BCUT2D eigenvalue weighted by Gasteiger charge is 2.18. The molecule has 1 aromatic rings. The zero-order valence-electron chi connectivity index (χ0n) is 11.0. The van der Waals surface area contributed by atoms with E-state index in [4.69, 9.17) is 0 Å². The highest BCUT2D eigenvalue weighted by Crippen LogP contribution is 2.21. The maximum atomic E-state index is 11.2. The van der Waals surface area contributed by atoms with Gasteiger partial charge in [-0.1, -0.05) is 62.4 Å². The largest absolute Gasteiger partial charge is 0.327 e. The van der Waals surface area contributed by atoms with Crippen molar-refractivity contribution in [1.29, 1.82) is 0 Å². The summed E-state index contributed by atoms with van der Waals surface area (Å²) in [5, 5.41) is 0. The molecule has 1 saturated carbocycles. The molecule has 2 heteroatoms. The average molecular weight is 244 g/mol. The summed E-state index contributed by atoms with van der Waals surface area (Å²) < 4.78 is 0. The van der Waals surface area contributed by atoms with E-state index in [0.717, 1.165) is 12.8 Å². The Hall–Kier alpha value is -1.31. The standard InChI is InChI=1S/C16H22NO/c18-14-17(13-15-9-5-4-6-10-15)16-11-7-2-1-3-8-12-16/h4-6,9-10,16H,1-3,7-8,11-13H2. The highest BCUT2D eigenvalue weighted by molar-refractivity contribution is 5.49. The van der Waals surface area contributed by atoms with Gasteiger partial charge in [-0.3, -0.25) is 4.79 Å². The highest BCUT2D eigenvalue weighted by atomic mass is 16.1. The number of rotatable bonds is 4. The van der Waals surface area contributed by atoms with Crippen molar-refractivity contribution < 1.29 is 4.79 Å². The van der Waals surface area contributed by atoms with E-state index in [9.17, 15) is 4.79 Å². The van der Waals surface area contributed by atoms with Gasteiger partial charge in [0.25, 0.3) is 0 Å². The molecule has 2 rings (SSSR count). The molecule has 2 nitrogen and oxygen atoms in total. The SMILES string of the molecule is O=[C]N(Cc1ccccc1)C1CCCCCCC1. The number of hydrogen-bond donors (Lipinski definition) is 0. The van der Waals surface area contributed by atoms with Crippen molar-refractivity contribution in [3.63, 3.8) is 0 Å². The van der Waals surface area contributed by atoms with Crippen LogP contribution in [0.25, 0.3) is 0 Å². The van der Waals surface area contributed by atoms with Gasteiger partial charge in [0.15, 0.2) is 0 Å². The molecule has 97 valence electrons. The molecule has 0 aromatic heterocycles. The average Bonchev–Trinajstić information content (AvgIpc) is 2.37. The number of hydrogen-bond acceptors (Lipinski definition) is 1. The van der Waals surface area contributed by atoms with Crippen molar-refractivity contribution in [3.8, 4) is 0 Å². The molecule has 0 saturated heterocycles. The maximum absolute atomic E-state index is 11.2. The normalized spacial score (nSPS) is 17.8. The van der Waals surface area contributed by atoms with Crippen LogP contribution >= 0.6 is 0 Å². The molecule has 1 amide bonds. The predicted octanol–water partition coefficient (Wildman–Crippen LogP) is 3.67. The van der Waals surface area contributed by atoms with Gasteiger partial charge >= 0.3 is 6.41 Å². The third-order valence-corrected chi connectivity index (χ3v) is 3.83. The Labute approximate surface area is 110 Å². The molecule has 0 aliphatic heterocycles. The number of amides is 1. The lowest BCUT2D eigenvalue weighted by molar-refractivity contribution is 0.240. The second-order valence-corrected chi connectivity index (χ2v) is 5.20. The van der Waals surface area contributed by atoms with Gasteiger partial charge in [0.05, 0.1) is 0 Å². The zero-order valence-corrected chi connectivity index (χ0v) is 11.0. The second kappa shape index (κ2) is 7.20. The summed E-state index contributed by atoms with van der Waals surface area (Å²) in [5.41, 5.74) is 1.20. The Morgan fingerprint density at radius 2 is 1.61 bits per heavy atom. The van der Waals surface area contributed by atoms with Crippen molar-refractivity contribution >= 4 is 6.41 Å². The van der Waals surface area contributed by atoms with Crippen LogP contribution in [0.5, 0.6) is 0 Å². The molecular weight excluding hydrogens is 222 g/mol. The lowest BCUT2D eigenvalue weighted by atomic mass is 9.95. The summed E-state index contributed by atoms with van der Waals surface area (Å²) >= 11 is 0. The van der Waals surface area contributed by atoms with Crippen molar-refractivity contribution in [2.45, 2.75) is 57.5 Å². The van der Waals surface area contributed by atoms with Crippen molar-refractivity contribution in [3.05, 3.63) is 35.9 Å². The third-order valence-electron chi connectivity index (χ3n) is 3.83. The van der Waals surface area contributed by atoms with E-state index in [0.29, 0.717) is 12.6 Å². The maximum Gasteiger partial charge on any atom is 0.312 e. The molecule has 1 aromatic carbocycles. The first kappa shape index (κ1) is 13.1. The molecule has 1 radical (unpaired) electrons. The molecule has 0 heterocycles. The van der Waals surface area contributed by atoms with Crippen LogP contribution in [0.1, 0.15) is 50.5 Å². The van der Waals surface area contributed by atoms with Gasteiger partial charge in [-0.25, -0.2) is 0 Å². The monoisotopic (exact) mass is 244 g/mol. The smallest absolute Gasteiger partial charge is 0.312 e. The van der Waals surface area contributed by atoms with Crippen molar-refractivity contribution in [2.75, 3.05) is 0 Å². The first-order valence-corrected chi connectivity index (χ1v) is 7.08. The molecule has 0 bridgehead atoms. The molecule has 1 aliphatic rings. The van der Waals surface area contributed by atoms with Gasteiger partial charge in [0.1, 0.15) is 0 Å². The molecule has 1 fully saturated rings. The number of carbonyl (C=O) groups excluding carboxylic acids is 1. The van der Waals surface area contributed by atoms with Crippen LogP contribution in [0.4, 0.5) is 0 Å². The first-order valence-electron chi connectivity index (χ1n) is 7.08. The van der Waals surface area contributed by atoms with Gasteiger partial charge in [0.2, 0.25) is 0 Å². The lowest BCUT2D eigenvalue weighted by Crippen LogP contribution is -2.34. The van der Waals surface area contributed by atoms with Crippen molar-refractivity contribution in [1.82, 2.24) is 4.90 Å². The second-order valence-electron chi connectivity index (χ2n) is 5.20. The molecule has 0 spiro atoms. The summed E-state index contributed by atoms with van der Waals surface area (Å²) in [4.78, 5) is 13.1. The van der Waals surface area contributed by atoms with E-state index < -0.39 is 0 Å². The van der Waals surface area contributed by atoms with Gasteiger partial charge in [-0.15, -0.1) is 0 Å². The lowest BCUT2D eigenvalue weighted by Gasteiger charge is -2.29. The van der Waals surface area contributed by atoms with E-state index in [1.807, 2.05) is 23.1 Å². The van der Waals surface area contributed by atoms with E-state index in [1.165, 1.54) is 37.7 Å². The Kier molecular flexibility index (Phi) is 5.25. The summed E-state index contributed by atoms with van der Waals surface area (Å²) in [6.45, 7) is 0.703. The Morgan fingerprint density at radius 3 is 2.22 bits per heavy atom. The van der Waals surface area contributed by atoms with E-state index in [1.54, 1.807) is 0 Å².